The SMILES string of the molecule is Cc1ccc(C=NNC(=O)CN(c2ccccc2C)S(=O)(=O)c2ccccc2)cc1. The van der Waals surface area contributed by atoms with Gasteiger partial charge >= 0.3 is 0 Å². The van der Waals surface area contributed by atoms with Gasteiger partial charge in [0.25, 0.3) is 15.9 Å². The summed E-state index contributed by atoms with van der Waals surface area (Å²) in [5, 5.41) is 3.95. The molecular formula is C23H23N3O3S. The largest absolute Gasteiger partial charge is 0.271 e. The van der Waals surface area contributed by atoms with Crippen molar-refractivity contribution in [3.63, 3.8) is 0 Å². The molecule has 0 spiro atoms. The molecule has 0 fully saturated rings. The minimum absolute atomic E-state index is 0.115. The molecule has 3 aromatic carbocycles. The van der Waals surface area contributed by atoms with Crippen molar-refractivity contribution in [2.24, 2.45) is 5.10 Å². The van der Waals surface area contributed by atoms with E-state index in [1.54, 1.807) is 43.3 Å². The molecule has 1 amide bonds. The topological polar surface area (TPSA) is 78.8 Å². The van der Waals surface area contributed by atoms with Gasteiger partial charge in [0.2, 0.25) is 0 Å². The van der Waals surface area contributed by atoms with Crippen LogP contribution in [0.5, 0.6) is 0 Å². The molecule has 1 N–H and O–H groups in total. The molecule has 30 heavy (non-hydrogen) atoms. The fraction of sp³-hybridized carbons (Fsp3) is 0.130. The second-order valence-corrected chi connectivity index (χ2v) is 8.68. The lowest BCUT2D eigenvalue weighted by Crippen LogP contribution is -2.40. The first-order valence-electron chi connectivity index (χ1n) is 9.40. The minimum Gasteiger partial charge on any atom is -0.271 e. The zero-order chi connectivity index (χ0) is 21.6. The van der Waals surface area contributed by atoms with Crippen molar-refractivity contribution in [1.82, 2.24) is 5.43 Å². The van der Waals surface area contributed by atoms with Gasteiger partial charge in [0.15, 0.2) is 0 Å². The number of nitrogens with one attached hydrogen (secondary N) is 1. The van der Waals surface area contributed by atoms with Gasteiger partial charge in [0.1, 0.15) is 6.54 Å². The first-order valence-corrected chi connectivity index (χ1v) is 10.8. The molecule has 0 unspecified atom stereocenters. The molecule has 0 radical (unpaired) electrons. The zero-order valence-electron chi connectivity index (χ0n) is 16.8. The first kappa shape index (κ1) is 21.3. The van der Waals surface area contributed by atoms with Crippen LogP contribution in [0.25, 0.3) is 0 Å². The van der Waals surface area contributed by atoms with Crippen LogP contribution < -0.4 is 9.73 Å². The van der Waals surface area contributed by atoms with Crippen molar-refractivity contribution in [2.45, 2.75) is 18.7 Å². The molecular weight excluding hydrogens is 398 g/mol. The van der Waals surface area contributed by atoms with Crippen LogP contribution in [0, 0.1) is 13.8 Å². The number of carbonyl (C=O) groups is 1. The predicted octanol–water partition coefficient (Wildman–Crippen LogP) is 3.65. The molecule has 3 rings (SSSR count). The number of anilines is 1. The van der Waals surface area contributed by atoms with E-state index >= 15 is 0 Å². The molecule has 3 aromatic rings. The summed E-state index contributed by atoms with van der Waals surface area (Å²) in [4.78, 5) is 12.6. The third-order valence-electron chi connectivity index (χ3n) is 4.48. The van der Waals surface area contributed by atoms with E-state index in [0.717, 1.165) is 21.0 Å². The maximum Gasteiger partial charge on any atom is 0.264 e. The highest BCUT2D eigenvalue weighted by molar-refractivity contribution is 7.92. The summed E-state index contributed by atoms with van der Waals surface area (Å²) in [6.07, 6.45) is 1.52. The van der Waals surface area contributed by atoms with E-state index in [9.17, 15) is 13.2 Å². The summed E-state index contributed by atoms with van der Waals surface area (Å²) in [6, 6.07) is 22.7. The van der Waals surface area contributed by atoms with Crippen LogP contribution in [0.1, 0.15) is 16.7 Å². The summed E-state index contributed by atoms with van der Waals surface area (Å²) in [6.45, 7) is 3.39. The molecule has 0 aromatic heterocycles. The maximum absolute atomic E-state index is 13.3. The lowest BCUT2D eigenvalue weighted by atomic mass is 10.2. The Bertz CT molecular complexity index is 1140. The lowest BCUT2D eigenvalue weighted by Gasteiger charge is -2.25. The molecule has 0 atom stereocenters. The van der Waals surface area contributed by atoms with E-state index in [4.69, 9.17) is 0 Å². The van der Waals surface area contributed by atoms with Crippen molar-refractivity contribution in [3.8, 4) is 0 Å². The van der Waals surface area contributed by atoms with Crippen LogP contribution in [0.2, 0.25) is 0 Å². The number of amides is 1. The number of para-hydroxylation sites is 1. The Kier molecular flexibility index (Phi) is 6.64. The van der Waals surface area contributed by atoms with Gasteiger partial charge in [-0.3, -0.25) is 9.10 Å². The summed E-state index contributed by atoms with van der Waals surface area (Å²) >= 11 is 0. The summed E-state index contributed by atoms with van der Waals surface area (Å²) in [5.74, 6) is -0.541. The molecule has 0 bridgehead atoms. The van der Waals surface area contributed by atoms with E-state index in [-0.39, 0.29) is 4.90 Å². The van der Waals surface area contributed by atoms with Gasteiger partial charge in [-0.1, -0.05) is 66.2 Å². The van der Waals surface area contributed by atoms with Gasteiger partial charge in [-0.15, -0.1) is 0 Å². The third kappa shape index (κ3) is 5.12. The fourth-order valence-corrected chi connectivity index (χ4v) is 4.37. The minimum atomic E-state index is -3.93. The highest BCUT2D eigenvalue weighted by Gasteiger charge is 2.27. The average Bonchev–Trinajstić information content (AvgIpc) is 2.75. The average molecular weight is 422 g/mol. The second-order valence-electron chi connectivity index (χ2n) is 6.82. The number of benzene rings is 3. The van der Waals surface area contributed by atoms with Crippen molar-refractivity contribution in [2.75, 3.05) is 10.8 Å². The quantitative estimate of drug-likeness (QED) is 0.467. The van der Waals surface area contributed by atoms with Crippen molar-refractivity contribution < 1.29 is 13.2 Å². The molecule has 0 aliphatic rings. The molecule has 0 aliphatic carbocycles. The summed E-state index contributed by atoms with van der Waals surface area (Å²) in [5.41, 5.74) is 5.55. The van der Waals surface area contributed by atoms with Gasteiger partial charge in [-0.2, -0.15) is 5.10 Å². The van der Waals surface area contributed by atoms with Gasteiger partial charge in [0.05, 0.1) is 16.8 Å². The Hall–Kier alpha value is -3.45. The molecule has 7 heteroatoms. The standard InChI is InChI=1S/C23H23N3O3S/c1-18-12-14-20(15-13-18)16-24-25-23(27)17-26(22-11-7-6-8-19(22)2)30(28,29)21-9-4-3-5-10-21/h3-16H,17H2,1-2H3,(H,25,27). The number of carbonyl (C=O) groups excluding carboxylic acids is 1. The van der Waals surface area contributed by atoms with E-state index in [2.05, 4.69) is 10.5 Å². The Morgan fingerprint density at radius 3 is 2.23 bits per heavy atom. The maximum atomic E-state index is 13.3. The van der Waals surface area contributed by atoms with Crippen LogP contribution in [-0.2, 0) is 14.8 Å². The predicted molar refractivity (Wildman–Crippen MR) is 119 cm³/mol. The molecule has 0 saturated carbocycles. The van der Waals surface area contributed by atoms with Gasteiger partial charge in [-0.25, -0.2) is 13.8 Å². The number of sulfonamides is 1. The molecule has 0 aliphatic heterocycles. The Morgan fingerprint density at radius 2 is 1.57 bits per heavy atom. The summed E-state index contributed by atoms with van der Waals surface area (Å²) < 4.78 is 27.6. The van der Waals surface area contributed by atoms with E-state index in [1.807, 2.05) is 37.3 Å². The van der Waals surface area contributed by atoms with Crippen LogP contribution in [0.4, 0.5) is 5.69 Å². The van der Waals surface area contributed by atoms with Gasteiger partial charge in [0, 0.05) is 0 Å². The van der Waals surface area contributed by atoms with Crippen molar-refractivity contribution >= 4 is 27.8 Å². The summed E-state index contributed by atoms with van der Waals surface area (Å²) in [7, 11) is -3.93. The number of rotatable bonds is 7. The number of hydrogen-bond donors (Lipinski definition) is 1. The second kappa shape index (κ2) is 9.37. The van der Waals surface area contributed by atoms with Crippen molar-refractivity contribution in [3.05, 3.63) is 95.6 Å². The van der Waals surface area contributed by atoms with Crippen LogP contribution in [0.15, 0.2) is 88.9 Å². The van der Waals surface area contributed by atoms with Crippen LogP contribution in [0.3, 0.4) is 0 Å². The molecule has 6 nitrogen and oxygen atoms in total. The molecule has 0 heterocycles. The number of aryl methyl sites for hydroxylation is 2. The molecule has 0 saturated heterocycles. The van der Waals surface area contributed by atoms with Crippen LogP contribution >= 0.6 is 0 Å². The fourth-order valence-electron chi connectivity index (χ4n) is 2.86. The zero-order valence-corrected chi connectivity index (χ0v) is 17.6. The lowest BCUT2D eigenvalue weighted by molar-refractivity contribution is -0.119. The van der Waals surface area contributed by atoms with E-state index in [1.165, 1.54) is 18.3 Å². The van der Waals surface area contributed by atoms with Gasteiger partial charge < -0.3 is 0 Å². The van der Waals surface area contributed by atoms with E-state index < -0.39 is 22.5 Å². The Morgan fingerprint density at radius 1 is 0.933 bits per heavy atom. The smallest absolute Gasteiger partial charge is 0.264 e. The van der Waals surface area contributed by atoms with Crippen LogP contribution in [-0.4, -0.2) is 27.1 Å². The Balaban J connectivity index is 1.83. The number of nitrogens with zero attached hydrogens (tertiary/aromatic N) is 2. The normalized spacial score (nSPS) is 11.4. The highest BCUT2D eigenvalue weighted by atomic mass is 32.2. The highest BCUT2D eigenvalue weighted by Crippen LogP contribution is 2.26. The van der Waals surface area contributed by atoms with Gasteiger partial charge in [-0.05, 0) is 43.2 Å². The molecule has 154 valence electrons. The number of hydrazone groups is 1. The first-order chi connectivity index (χ1) is 14.4. The monoisotopic (exact) mass is 421 g/mol. The van der Waals surface area contributed by atoms with Crippen molar-refractivity contribution in [1.29, 1.82) is 0 Å². The third-order valence-corrected chi connectivity index (χ3v) is 6.26. The Labute approximate surface area is 176 Å². The van der Waals surface area contributed by atoms with E-state index in [0.29, 0.717) is 5.69 Å². The number of hydrogen-bond acceptors (Lipinski definition) is 4.